The number of ether oxygens (including phenoxy) is 1. The summed E-state index contributed by atoms with van der Waals surface area (Å²) in [4.78, 5) is 28.5. The van der Waals surface area contributed by atoms with Gasteiger partial charge in [0.25, 0.3) is 5.91 Å². The van der Waals surface area contributed by atoms with Crippen LogP contribution in [0.5, 0.6) is 0 Å². The van der Waals surface area contributed by atoms with Crippen LogP contribution < -0.4 is 10.6 Å². The maximum absolute atomic E-state index is 12.2. The van der Waals surface area contributed by atoms with E-state index >= 15 is 0 Å². The molecule has 0 spiro atoms. The predicted octanol–water partition coefficient (Wildman–Crippen LogP) is 3.92. The van der Waals surface area contributed by atoms with Crippen molar-refractivity contribution < 1.29 is 14.3 Å². The van der Waals surface area contributed by atoms with Gasteiger partial charge >= 0.3 is 5.97 Å². The van der Waals surface area contributed by atoms with Crippen LogP contribution in [0, 0.1) is 0 Å². The fourth-order valence-electron chi connectivity index (χ4n) is 2.44. The number of rotatable bonds is 9. The van der Waals surface area contributed by atoms with Crippen molar-refractivity contribution in [2.24, 2.45) is 0 Å². The average molecular weight is 355 g/mol. The Bertz CT molecular complexity index is 747. The Labute approximate surface area is 154 Å². The summed E-state index contributed by atoms with van der Waals surface area (Å²) >= 11 is 0. The van der Waals surface area contributed by atoms with Gasteiger partial charge in [-0.25, -0.2) is 9.78 Å². The monoisotopic (exact) mass is 355 g/mol. The number of hydrogen-bond acceptors (Lipinski definition) is 5. The van der Waals surface area contributed by atoms with Gasteiger partial charge < -0.3 is 15.4 Å². The van der Waals surface area contributed by atoms with Crippen LogP contribution in [0.1, 0.15) is 53.8 Å². The van der Waals surface area contributed by atoms with Crippen molar-refractivity contribution in [3.8, 4) is 0 Å². The number of esters is 1. The Hall–Kier alpha value is -2.89. The summed E-state index contributed by atoms with van der Waals surface area (Å²) in [7, 11) is 0. The number of hydrogen-bond donors (Lipinski definition) is 2. The summed E-state index contributed by atoms with van der Waals surface area (Å²) in [5.74, 6) is -0.0476. The second-order valence-corrected chi connectivity index (χ2v) is 5.78. The van der Waals surface area contributed by atoms with E-state index in [9.17, 15) is 9.59 Å². The zero-order valence-electron chi connectivity index (χ0n) is 15.2. The zero-order valence-corrected chi connectivity index (χ0v) is 15.2. The van der Waals surface area contributed by atoms with Gasteiger partial charge in [0.2, 0.25) is 0 Å². The molecule has 2 aromatic rings. The molecule has 0 saturated carbocycles. The number of nitrogens with zero attached hydrogens (tertiary/aromatic N) is 1. The molecule has 0 bridgehead atoms. The number of benzene rings is 1. The molecule has 6 nitrogen and oxygen atoms in total. The molecule has 0 fully saturated rings. The Morgan fingerprint density at radius 3 is 2.69 bits per heavy atom. The molecular formula is C20H25N3O3. The van der Waals surface area contributed by atoms with E-state index < -0.39 is 5.97 Å². The molecule has 2 N–H and O–H groups in total. The number of nitrogens with one attached hydrogen (secondary N) is 2. The quantitative estimate of drug-likeness (QED) is 0.526. The maximum atomic E-state index is 12.2. The van der Waals surface area contributed by atoms with Gasteiger partial charge in [0, 0.05) is 18.3 Å². The molecule has 2 rings (SSSR count). The van der Waals surface area contributed by atoms with Gasteiger partial charge in [-0.1, -0.05) is 31.9 Å². The van der Waals surface area contributed by atoms with Gasteiger partial charge in [-0.15, -0.1) is 0 Å². The fraction of sp³-hybridized carbons (Fsp3) is 0.350. The molecular weight excluding hydrogens is 330 g/mol. The Balaban J connectivity index is 2.09. The lowest BCUT2D eigenvalue weighted by Crippen LogP contribution is -2.24. The molecule has 0 aliphatic rings. The summed E-state index contributed by atoms with van der Waals surface area (Å²) in [5.41, 5.74) is 1.53. The molecule has 26 heavy (non-hydrogen) atoms. The second-order valence-electron chi connectivity index (χ2n) is 5.78. The molecule has 0 saturated heterocycles. The van der Waals surface area contributed by atoms with E-state index in [1.165, 1.54) is 0 Å². The number of amides is 1. The van der Waals surface area contributed by atoms with E-state index in [1.807, 2.05) is 6.07 Å². The Morgan fingerprint density at radius 1 is 1.12 bits per heavy atom. The van der Waals surface area contributed by atoms with Crippen molar-refractivity contribution in [3.63, 3.8) is 0 Å². The Kier molecular flexibility index (Phi) is 7.61. The molecule has 1 aromatic heterocycles. The number of aromatic nitrogens is 1. The molecule has 6 heteroatoms. The molecule has 1 aromatic carbocycles. The van der Waals surface area contributed by atoms with Crippen LogP contribution in [0.25, 0.3) is 0 Å². The summed E-state index contributed by atoms with van der Waals surface area (Å²) < 4.78 is 5.07. The number of carbonyl (C=O) groups excluding carboxylic acids is 2. The number of carbonyl (C=O) groups is 2. The largest absolute Gasteiger partial charge is 0.462 e. The van der Waals surface area contributed by atoms with E-state index in [4.69, 9.17) is 4.74 Å². The first-order valence-electron chi connectivity index (χ1n) is 8.93. The van der Waals surface area contributed by atoms with Crippen LogP contribution in [-0.2, 0) is 4.74 Å². The maximum Gasteiger partial charge on any atom is 0.340 e. The van der Waals surface area contributed by atoms with Crippen LogP contribution in [0.2, 0.25) is 0 Å². The van der Waals surface area contributed by atoms with Crippen molar-refractivity contribution in [3.05, 3.63) is 53.7 Å². The molecule has 0 aliphatic heterocycles. The molecule has 1 heterocycles. The van der Waals surface area contributed by atoms with Crippen molar-refractivity contribution in [1.29, 1.82) is 0 Å². The lowest BCUT2D eigenvalue weighted by Gasteiger charge is -2.11. The average Bonchev–Trinajstić information content (AvgIpc) is 2.66. The highest BCUT2D eigenvalue weighted by atomic mass is 16.5. The smallest absolute Gasteiger partial charge is 0.340 e. The van der Waals surface area contributed by atoms with Crippen LogP contribution in [-0.4, -0.2) is 30.0 Å². The second kappa shape index (κ2) is 10.2. The fourth-order valence-corrected chi connectivity index (χ4v) is 2.44. The SMILES string of the molecule is CCCCCNC(=O)c1ccnc(Nc2ccccc2C(=O)OCC)c1. The number of para-hydroxylation sites is 1. The highest BCUT2D eigenvalue weighted by Gasteiger charge is 2.13. The lowest BCUT2D eigenvalue weighted by molar-refractivity contribution is 0.0527. The standard InChI is InChI=1S/C20H25N3O3/c1-3-5-8-12-22-19(24)15-11-13-21-18(14-15)23-17-10-7-6-9-16(17)20(25)26-4-2/h6-7,9-11,13-14H,3-5,8,12H2,1-2H3,(H,21,23)(H,22,24). The highest BCUT2D eigenvalue weighted by Crippen LogP contribution is 2.21. The van der Waals surface area contributed by atoms with E-state index in [-0.39, 0.29) is 5.91 Å². The number of pyridine rings is 1. The van der Waals surface area contributed by atoms with Crippen LogP contribution in [0.15, 0.2) is 42.6 Å². The minimum absolute atomic E-state index is 0.134. The van der Waals surface area contributed by atoms with Crippen LogP contribution in [0.4, 0.5) is 11.5 Å². The molecule has 0 aliphatic carbocycles. The van der Waals surface area contributed by atoms with Crippen molar-refractivity contribution in [2.45, 2.75) is 33.1 Å². The van der Waals surface area contributed by atoms with Gasteiger partial charge in [-0.05, 0) is 37.6 Å². The minimum atomic E-state index is -0.402. The molecule has 0 atom stereocenters. The third-order valence-corrected chi connectivity index (χ3v) is 3.77. The van der Waals surface area contributed by atoms with Crippen molar-refractivity contribution in [2.75, 3.05) is 18.5 Å². The highest BCUT2D eigenvalue weighted by molar-refractivity contribution is 5.97. The predicted molar refractivity (Wildman–Crippen MR) is 102 cm³/mol. The first-order valence-corrected chi connectivity index (χ1v) is 8.93. The summed E-state index contributed by atoms with van der Waals surface area (Å²) in [6.07, 6.45) is 4.73. The van der Waals surface area contributed by atoms with Gasteiger partial charge in [-0.3, -0.25) is 4.79 Å². The molecule has 0 radical (unpaired) electrons. The zero-order chi connectivity index (χ0) is 18.8. The summed E-state index contributed by atoms with van der Waals surface area (Å²) in [6.45, 7) is 4.84. The Morgan fingerprint density at radius 2 is 1.92 bits per heavy atom. The minimum Gasteiger partial charge on any atom is -0.462 e. The summed E-state index contributed by atoms with van der Waals surface area (Å²) in [6, 6.07) is 10.4. The van der Waals surface area contributed by atoms with Gasteiger partial charge in [0.05, 0.1) is 17.9 Å². The first kappa shape index (κ1) is 19.4. The van der Waals surface area contributed by atoms with Gasteiger partial charge in [0.15, 0.2) is 0 Å². The summed E-state index contributed by atoms with van der Waals surface area (Å²) in [5, 5.41) is 5.99. The first-order chi connectivity index (χ1) is 12.7. The van der Waals surface area contributed by atoms with Gasteiger partial charge in [0.1, 0.15) is 5.82 Å². The van der Waals surface area contributed by atoms with Crippen molar-refractivity contribution in [1.82, 2.24) is 10.3 Å². The van der Waals surface area contributed by atoms with E-state index in [0.29, 0.717) is 35.8 Å². The van der Waals surface area contributed by atoms with Crippen LogP contribution in [0.3, 0.4) is 0 Å². The normalized spacial score (nSPS) is 10.2. The van der Waals surface area contributed by atoms with E-state index in [1.54, 1.807) is 43.5 Å². The van der Waals surface area contributed by atoms with Gasteiger partial charge in [-0.2, -0.15) is 0 Å². The third kappa shape index (κ3) is 5.58. The molecule has 138 valence electrons. The number of anilines is 2. The molecule has 1 amide bonds. The topological polar surface area (TPSA) is 80.3 Å². The van der Waals surface area contributed by atoms with E-state index in [2.05, 4.69) is 22.5 Å². The third-order valence-electron chi connectivity index (χ3n) is 3.77. The van der Waals surface area contributed by atoms with Crippen LogP contribution >= 0.6 is 0 Å². The lowest BCUT2D eigenvalue weighted by atomic mass is 10.1. The van der Waals surface area contributed by atoms with Crippen molar-refractivity contribution >= 4 is 23.4 Å². The van der Waals surface area contributed by atoms with E-state index in [0.717, 1.165) is 19.3 Å². The molecule has 0 unspecified atom stereocenters. The number of unbranched alkanes of at least 4 members (excludes halogenated alkanes) is 2.